The van der Waals surface area contributed by atoms with E-state index in [0.717, 1.165) is 37.3 Å². The predicted molar refractivity (Wildman–Crippen MR) is 69.7 cm³/mol. The Morgan fingerprint density at radius 2 is 2.11 bits per heavy atom. The van der Waals surface area contributed by atoms with Gasteiger partial charge in [-0.05, 0) is 31.9 Å². The summed E-state index contributed by atoms with van der Waals surface area (Å²) in [6.45, 7) is 3.47. The molecule has 0 radical (unpaired) electrons. The second kappa shape index (κ2) is 4.97. The van der Waals surface area contributed by atoms with Crippen molar-refractivity contribution >= 4 is 5.82 Å². The number of hydrogen-bond donors (Lipinski definition) is 1. The SMILES string of the molecule is Cc1noc(-c2ccc(N3CCC(O)CC3)nc2)n1. The van der Waals surface area contributed by atoms with E-state index in [1.54, 1.807) is 13.1 Å². The highest BCUT2D eigenvalue weighted by atomic mass is 16.5. The fourth-order valence-electron chi connectivity index (χ4n) is 2.21. The number of aliphatic hydroxyl groups excluding tert-OH is 1. The van der Waals surface area contributed by atoms with Crippen LogP contribution in [-0.2, 0) is 0 Å². The van der Waals surface area contributed by atoms with Crippen molar-refractivity contribution in [2.24, 2.45) is 0 Å². The molecular weight excluding hydrogens is 244 g/mol. The molecule has 0 aromatic carbocycles. The summed E-state index contributed by atoms with van der Waals surface area (Å²) in [6.07, 6.45) is 3.17. The van der Waals surface area contributed by atoms with Gasteiger partial charge in [0.15, 0.2) is 5.82 Å². The van der Waals surface area contributed by atoms with Crippen LogP contribution in [-0.4, -0.2) is 39.4 Å². The molecule has 2 aromatic rings. The van der Waals surface area contributed by atoms with Crippen LogP contribution < -0.4 is 4.90 Å². The van der Waals surface area contributed by atoms with Crippen LogP contribution in [0.4, 0.5) is 5.82 Å². The van der Waals surface area contributed by atoms with Crippen molar-refractivity contribution in [1.82, 2.24) is 15.1 Å². The number of piperidine rings is 1. The zero-order valence-corrected chi connectivity index (χ0v) is 10.8. The minimum absolute atomic E-state index is 0.170. The van der Waals surface area contributed by atoms with Gasteiger partial charge in [-0.1, -0.05) is 5.16 Å². The van der Waals surface area contributed by atoms with Crippen molar-refractivity contribution in [3.63, 3.8) is 0 Å². The molecule has 6 heteroatoms. The van der Waals surface area contributed by atoms with E-state index >= 15 is 0 Å². The fourth-order valence-corrected chi connectivity index (χ4v) is 2.21. The van der Waals surface area contributed by atoms with Crippen LogP contribution in [0.1, 0.15) is 18.7 Å². The maximum atomic E-state index is 9.49. The highest BCUT2D eigenvalue weighted by molar-refractivity contribution is 5.54. The van der Waals surface area contributed by atoms with E-state index in [4.69, 9.17) is 4.52 Å². The Balaban J connectivity index is 1.75. The third-order valence-corrected chi connectivity index (χ3v) is 3.31. The van der Waals surface area contributed by atoms with Gasteiger partial charge in [-0.2, -0.15) is 4.98 Å². The van der Waals surface area contributed by atoms with Crippen LogP contribution in [0, 0.1) is 6.92 Å². The molecule has 0 saturated carbocycles. The first kappa shape index (κ1) is 12.1. The molecule has 100 valence electrons. The third kappa shape index (κ3) is 2.58. The summed E-state index contributed by atoms with van der Waals surface area (Å²) >= 11 is 0. The van der Waals surface area contributed by atoms with Crippen molar-refractivity contribution < 1.29 is 9.63 Å². The average molecular weight is 260 g/mol. The Hall–Kier alpha value is -1.95. The van der Waals surface area contributed by atoms with E-state index in [0.29, 0.717) is 11.7 Å². The molecule has 1 N–H and O–H groups in total. The molecule has 1 fully saturated rings. The molecule has 1 aliphatic rings. The van der Waals surface area contributed by atoms with Crippen LogP contribution in [0.15, 0.2) is 22.9 Å². The van der Waals surface area contributed by atoms with Gasteiger partial charge in [0, 0.05) is 19.3 Å². The summed E-state index contributed by atoms with van der Waals surface area (Å²) in [5.41, 5.74) is 0.821. The van der Waals surface area contributed by atoms with Gasteiger partial charge in [0.25, 0.3) is 5.89 Å². The lowest BCUT2D eigenvalue weighted by Gasteiger charge is -2.30. The van der Waals surface area contributed by atoms with Gasteiger partial charge in [0.1, 0.15) is 5.82 Å². The number of pyridine rings is 1. The minimum atomic E-state index is -0.170. The first-order valence-electron chi connectivity index (χ1n) is 6.42. The molecule has 0 unspecified atom stereocenters. The number of aryl methyl sites for hydroxylation is 1. The van der Waals surface area contributed by atoms with Crippen LogP contribution in [0.25, 0.3) is 11.5 Å². The van der Waals surface area contributed by atoms with Crippen LogP contribution in [0.2, 0.25) is 0 Å². The molecule has 3 rings (SSSR count). The number of anilines is 1. The number of aromatic nitrogens is 3. The van der Waals surface area contributed by atoms with E-state index in [-0.39, 0.29) is 6.10 Å². The Morgan fingerprint density at radius 1 is 1.32 bits per heavy atom. The molecule has 2 aromatic heterocycles. The Morgan fingerprint density at radius 3 is 2.68 bits per heavy atom. The summed E-state index contributed by atoms with van der Waals surface area (Å²) in [4.78, 5) is 10.8. The van der Waals surface area contributed by atoms with Gasteiger partial charge in [0.05, 0.1) is 11.7 Å². The third-order valence-electron chi connectivity index (χ3n) is 3.31. The topological polar surface area (TPSA) is 75.3 Å². The van der Waals surface area contributed by atoms with E-state index in [1.165, 1.54) is 0 Å². The lowest BCUT2D eigenvalue weighted by atomic mass is 10.1. The fraction of sp³-hybridized carbons (Fsp3) is 0.462. The van der Waals surface area contributed by atoms with Crippen molar-refractivity contribution in [3.05, 3.63) is 24.2 Å². The summed E-state index contributed by atoms with van der Waals surface area (Å²) in [5, 5.41) is 13.3. The Bertz CT molecular complexity index is 544. The largest absolute Gasteiger partial charge is 0.393 e. The van der Waals surface area contributed by atoms with Crippen LogP contribution in [0.5, 0.6) is 0 Å². The quantitative estimate of drug-likeness (QED) is 0.879. The standard InChI is InChI=1S/C13H16N4O2/c1-9-15-13(19-16-9)10-2-3-12(14-8-10)17-6-4-11(18)5-7-17/h2-3,8,11,18H,4-7H2,1H3. The Kier molecular flexibility index (Phi) is 3.16. The van der Waals surface area contributed by atoms with E-state index < -0.39 is 0 Å². The summed E-state index contributed by atoms with van der Waals surface area (Å²) in [6, 6.07) is 3.88. The molecule has 0 aliphatic carbocycles. The maximum absolute atomic E-state index is 9.49. The molecule has 0 atom stereocenters. The Labute approximate surface area is 111 Å². The average Bonchev–Trinajstić information content (AvgIpc) is 2.87. The maximum Gasteiger partial charge on any atom is 0.259 e. The van der Waals surface area contributed by atoms with Gasteiger partial charge in [-0.3, -0.25) is 0 Å². The van der Waals surface area contributed by atoms with Crippen LogP contribution in [0.3, 0.4) is 0 Å². The van der Waals surface area contributed by atoms with Crippen molar-refractivity contribution in [2.75, 3.05) is 18.0 Å². The summed E-state index contributed by atoms with van der Waals surface area (Å²) in [5.74, 6) is 2.03. The monoisotopic (exact) mass is 260 g/mol. The number of rotatable bonds is 2. The summed E-state index contributed by atoms with van der Waals surface area (Å²) < 4.78 is 5.10. The molecule has 0 bridgehead atoms. The lowest BCUT2D eigenvalue weighted by Crippen LogP contribution is -2.36. The molecule has 6 nitrogen and oxygen atoms in total. The minimum Gasteiger partial charge on any atom is -0.393 e. The molecule has 19 heavy (non-hydrogen) atoms. The molecule has 1 aliphatic heterocycles. The first-order chi connectivity index (χ1) is 9.22. The molecule has 0 spiro atoms. The second-order valence-corrected chi connectivity index (χ2v) is 4.77. The van der Waals surface area contributed by atoms with Crippen molar-refractivity contribution in [3.8, 4) is 11.5 Å². The molecule has 3 heterocycles. The zero-order chi connectivity index (χ0) is 13.2. The highest BCUT2D eigenvalue weighted by Crippen LogP contribution is 2.21. The number of nitrogens with zero attached hydrogens (tertiary/aromatic N) is 4. The molecule has 0 amide bonds. The van der Waals surface area contributed by atoms with Gasteiger partial charge < -0.3 is 14.5 Å². The smallest absolute Gasteiger partial charge is 0.259 e. The summed E-state index contributed by atoms with van der Waals surface area (Å²) in [7, 11) is 0. The van der Waals surface area contributed by atoms with Gasteiger partial charge in [-0.15, -0.1) is 0 Å². The number of aliphatic hydroxyl groups is 1. The van der Waals surface area contributed by atoms with Gasteiger partial charge in [0.2, 0.25) is 0 Å². The van der Waals surface area contributed by atoms with Crippen molar-refractivity contribution in [1.29, 1.82) is 0 Å². The zero-order valence-electron chi connectivity index (χ0n) is 10.8. The second-order valence-electron chi connectivity index (χ2n) is 4.77. The highest BCUT2D eigenvalue weighted by Gasteiger charge is 2.18. The molecule has 1 saturated heterocycles. The normalized spacial score (nSPS) is 16.8. The van der Waals surface area contributed by atoms with Gasteiger partial charge in [-0.25, -0.2) is 4.98 Å². The van der Waals surface area contributed by atoms with E-state index in [2.05, 4.69) is 20.0 Å². The van der Waals surface area contributed by atoms with Crippen LogP contribution >= 0.6 is 0 Å². The van der Waals surface area contributed by atoms with Gasteiger partial charge >= 0.3 is 0 Å². The van der Waals surface area contributed by atoms with E-state index in [1.807, 2.05) is 12.1 Å². The molecular formula is C13H16N4O2. The lowest BCUT2D eigenvalue weighted by molar-refractivity contribution is 0.145. The van der Waals surface area contributed by atoms with Crippen molar-refractivity contribution in [2.45, 2.75) is 25.9 Å². The predicted octanol–water partition coefficient (Wildman–Crippen LogP) is 1.40. The number of hydrogen-bond acceptors (Lipinski definition) is 6. The van der Waals surface area contributed by atoms with E-state index in [9.17, 15) is 5.11 Å². The first-order valence-corrected chi connectivity index (χ1v) is 6.42.